The first-order valence-corrected chi connectivity index (χ1v) is 8.16. The van der Waals surface area contributed by atoms with Gasteiger partial charge in [-0.2, -0.15) is 0 Å². The van der Waals surface area contributed by atoms with E-state index in [1.807, 2.05) is 6.07 Å². The summed E-state index contributed by atoms with van der Waals surface area (Å²) in [6, 6.07) is 6.01. The zero-order chi connectivity index (χ0) is 14.4. The predicted molar refractivity (Wildman–Crippen MR) is 80.7 cm³/mol. The molecule has 21 heavy (non-hydrogen) atoms. The second kappa shape index (κ2) is 5.25. The van der Waals surface area contributed by atoms with Gasteiger partial charge in [-0.05, 0) is 43.2 Å². The Kier molecular flexibility index (Phi) is 3.38. The molecule has 4 rings (SSSR count). The molecular formula is C17H23FN2O. The molecule has 3 unspecified atom stereocenters. The molecule has 2 aliphatic carbocycles. The zero-order valence-corrected chi connectivity index (χ0v) is 12.3. The Bertz CT molecular complexity index is 532. The van der Waals surface area contributed by atoms with Gasteiger partial charge in [0, 0.05) is 31.6 Å². The highest BCUT2D eigenvalue weighted by molar-refractivity contribution is 5.56. The van der Waals surface area contributed by atoms with E-state index in [1.165, 1.54) is 12.8 Å². The van der Waals surface area contributed by atoms with Crippen LogP contribution in [-0.4, -0.2) is 30.3 Å². The molecule has 4 heteroatoms. The summed E-state index contributed by atoms with van der Waals surface area (Å²) in [5.74, 6) is 0.734. The number of nitrogens with zero attached hydrogens (tertiary/aromatic N) is 1. The SMILES string of the molecule is OC1CCC2CN(c3c(F)cccc3CNC3CC3)CC12. The maximum absolute atomic E-state index is 14.4. The van der Waals surface area contributed by atoms with Crippen LogP contribution in [0.2, 0.25) is 0 Å². The lowest BCUT2D eigenvalue weighted by Gasteiger charge is -2.24. The predicted octanol–water partition coefficient (Wildman–Crippen LogP) is 2.28. The van der Waals surface area contributed by atoms with E-state index in [9.17, 15) is 9.50 Å². The number of aliphatic hydroxyl groups is 1. The number of nitrogens with one attached hydrogen (secondary N) is 1. The summed E-state index contributed by atoms with van der Waals surface area (Å²) in [6.07, 6.45) is 4.28. The van der Waals surface area contributed by atoms with E-state index in [4.69, 9.17) is 0 Å². The Morgan fingerprint density at radius 2 is 2.05 bits per heavy atom. The second-order valence-corrected chi connectivity index (χ2v) is 6.88. The van der Waals surface area contributed by atoms with Crippen molar-refractivity contribution in [3.8, 4) is 0 Å². The molecule has 3 atom stereocenters. The molecule has 1 saturated heterocycles. The van der Waals surface area contributed by atoms with Crippen molar-refractivity contribution in [2.45, 2.75) is 44.4 Å². The molecule has 0 amide bonds. The van der Waals surface area contributed by atoms with Crippen LogP contribution < -0.4 is 10.2 Å². The van der Waals surface area contributed by atoms with Crippen molar-refractivity contribution in [3.63, 3.8) is 0 Å². The van der Waals surface area contributed by atoms with Crippen LogP contribution in [0.1, 0.15) is 31.2 Å². The van der Waals surface area contributed by atoms with Gasteiger partial charge in [-0.3, -0.25) is 0 Å². The number of halogens is 1. The number of anilines is 1. The van der Waals surface area contributed by atoms with Crippen molar-refractivity contribution in [3.05, 3.63) is 29.6 Å². The lowest BCUT2D eigenvalue weighted by molar-refractivity contribution is 0.133. The quantitative estimate of drug-likeness (QED) is 0.893. The molecule has 1 aromatic carbocycles. The van der Waals surface area contributed by atoms with Crippen LogP contribution in [0, 0.1) is 17.7 Å². The van der Waals surface area contributed by atoms with E-state index >= 15 is 0 Å². The fraction of sp³-hybridized carbons (Fsp3) is 0.647. The Morgan fingerprint density at radius 3 is 2.81 bits per heavy atom. The zero-order valence-electron chi connectivity index (χ0n) is 12.3. The Hall–Kier alpha value is -1.13. The average Bonchev–Trinajstić information content (AvgIpc) is 3.11. The minimum atomic E-state index is -0.195. The van der Waals surface area contributed by atoms with Crippen LogP contribution in [0.3, 0.4) is 0 Å². The van der Waals surface area contributed by atoms with Gasteiger partial charge in [-0.15, -0.1) is 0 Å². The van der Waals surface area contributed by atoms with Gasteiger partial charge in [-0.1, -0.05) is 12.1 Å². The third kappa shape index (κ3) is 2.55. The number of benzene rings is 1. The van der Waals surface area contributed by atoms with Crippen molar-refractivity contribution in [1.29, 1.82) is 0 Å². The molecule has 3 nitrogen and oxygen atoms in total. The summed E-state index contributed by atoms with van der Waals surface area (Å²) in [4.78, 5) is 2.16. The van der Waals surface area contributed by atoms with Crippen molar-refractivity contribution in [1.82, 2.24) is 5.32 Å². The molecule has 0 radical (unpaired) electrons. The lowest BCUT2D eigenvalue weighted by Crippen LogP contribution is -2.27. The molecule has 114 valence electrons. The fourth-order valence-corrected chi connectivity index (χ4v) is 4.02. The van der Waals surface area contributed by atoms with Gasteiger partial charge in [0.1, 0.15) is 5.82 Å². The third-order valence-corrected chi connectivity index (χ3v) is 5.36. The molecule has 3 fully saturated rings. The van der Waals surface area contributed by atoms with Gasteiger partial charge < -0.3 is 15.3 Å². The molecule has 1 aromatic rings. The van der Waals surface area contributed by atoms with Crippen LogP contribution in [0.4, 0.5) is 10.1 Å². The number of hydrogen-bond donors (Lipinski definition) is 2. The first kappa shape index (κ1) is 13.5. The van der Waals surface area contributed by atoms with E-state index < -0.39 is 0 Å². The van der Waals surface area contributed by atoms with Crippen LogP contribution in [0.25, 0.3) is 0 Å². The normalized spacial score (nSPS) is 31.7. The van der Waals surface area contributed by atoms with Crippen LogP contribution >= 0.6 is 0 Å². The summed E-state index contributed by atoms with van der Waals surface area (Å²) in [7, 11) is 0. The standard InChI is InChI=1S/C17H23FN2O/c18-15-3-1-2-11(8-19-13-5-6-13)17(15)20-9-12-4-7-16(21)14(12)10-20/h1-3,12-14,16,19,21H,4-10H2. The summed E-state index contributed by atoms with van der Waals surface area (Å²) < 4.78 is 14.4. The second-order valence-electron chi connectivity index (χ2n) is 6.88. The molecule has 2 N–H and O–H groups in total. The molecule has 0 spiro atoms. The minimum absolute atomic E-state index is 0.125. The average molecular weight is 290 g/mol. The Labute approximate surface area is 125 Å². The molecule has 2 saturated carbocycles. The molecule has 3 aliphatic rings. The Balaban J connectivity index is 1.56. The summed E-state index contributed by atoms with van der Waals surface area (Å²) in [6.45, 7) is 2.43. The number of fused-ring (bicyclic) bond motifs is 1. The van der Waals surface area contributed by atoms with Gasteiger partial charge in [0.25, 0.3) is 0 Å². The monoisotopic (exact) mass is 290 g/mol. The fourth-order valence-electron chi connectivity index (χ4n) is 4.02. The molecule has 0 aromatic heterocycles. The van der Waals surface area contributed by atoms with Gasteiger partial charge in [0.05, 0.1) is 11.8 Å². The van der Waals surface area contributed by atoms with E-state index in [0.29, 0.717) is 17.9 Å². The lowest BCUT2D eigenvalue weighted by atomic mass is 10.00. The number of aliphatic hydroxyl groups excluding tert-OH is 1. The maximum atomic E-state index is 14.4. The molecule has 1 heterocycles. The van der Waals surface area contributed by atoms with Crippen LogP contribution in [0.15, 0.2) is 18.2 Å². The summed E-state index contributed by atoms with van der Waals surface area (Å²) >= 11 is 0. The van der Waals surface area contributed by atoms with E-state index in [2.05, 4.69) is 10.2 Å². The maximum Gasteiger partial charge on any atom is 0.146 e. The number of hydrogen-bond acceptors (Lipinski definition) is 3. The molecular weight excluding hydrogens is 267 g/mol. The van der Waals surface area contributed by atoms with Crippen molar-refractivity contribution >= 4 is 5.69 Å². The summed E-state index contributed by atoms with van der Waals surface area (Å²) in [5, 5.41) is 13.5. The summed E-state index contributed by atoms with van der Waals surface area (Å²) in [5.41, 5.74) is 1.81. The number of para-hydroxylation sites is 1. The molecule has 0 bridgehead atoms. The van der Waals surface area contributed by atoms with Gasteiger partial charge in [0.15, 0.2) is 0 Å². The topological polar surface area (TPSA) is 35.5 Å². The van der Waals surface area contributed by atoms with E-state index in [-0.39, 0.29) is 11.9 Å². The van der Waals surface area contributed by atoms with Crippen molar-refractivity contribution < 1.29 is 9.50 Å². The Morgan fingerprint density at radius 1 is 1.19 bits per heavy atom. The number of rotatable bonds is 4. The van der Waals surface area contributed by atoms with Crippen LogP contribution in [0.5, 0.6) is 0 Å². The van der Waals surface area contributed by atoms with Crippen molar-refractivity contribution in [2.75, 3.05) is 18.0 Å². The minimum Gasteiger partial charge on any atom is -0.393 e. The first-order valence-electron chi connectivity index (χ1n) is 8.16. The largest absolute Gasteiger partial charge is 0.393 e. The van der Waals surface area contributed by atoms with Gasteiger partial charge in [0.2, 0.25) is 0 Å². The van der Waals surface area contributed by atoms with E-state index in [1.54, 1.807) is 12.1 Å². The van der Waals surface area contributed by atoms with Gasteiger partial charge in [-0.25, -0.2) is 4.39 Å². The first-order chi connectivity index (χ1) is 10.2. The van der Waals surface area contributed by atoms with E-state index in [0.717, 1.165) is 43.7 Å². The highest BCUT2D eigenvalue weighted by Crippen LogP contribution is 2.41. The molecule has 1 aliphatic heterocycles. The van der Waals surface area contributed by atoms with Crippen molar-refractivity contribution in [2.24, 2.45) is 11.8 Å². The third-order valence-electron chi connectivity index (χ3n) is 5.36. The highest BCUT2D eigenvalue weighted by atomic mass is 19.1. The van der Waals surface area contributed by atoms with Crippen LogP contribution in [-0.2, 0) is 6.54 Å². The van der Waals surface area contributed by atoms with Gasteiger partial charge >= 0.3 is 0 Å². The highest BCUT2D eigenvalue weighted by Gasteiger charge is 2.42. The smallest absolute Gasteiger partial charge is 0.146 e.